The first kappa shape index (κ1) is 41.9. The van der Waals surface area contributed by atoms with Crippen molar-refractivity contribution in [2.24, 2.45) is 0 Å². The van der Waals surface area contributed by atoms with Crippen molar-refractivity contribution in [2.75, 3.05) is 19.5 Å². The molecule has 0 unspecified atom stereocenters. The van der Waals surface area contributed by atoms with Crippen LogP contribution in [0.5, 0.6) is 0 Å². The van der Waals surface area contributed by atoms with Crippen LogP contribution >= 0.6 is 11.8 Å². The SMILES string of the molecule is COC(=O)c1coc(-c2nc(-c3nc([C@@H](CSC(C)(C)C)NC(=O)c4coc(-c5coc(-c6coc([C@H]7COC(C)(C)N7C(=O)OC(C)(C)C)n6)n5)n4)oc3C)oc2C)n1. The molecule has 60 heavy (non-hydrogen) atoms. The quantitative estimate of drug-likeness (QED) is 0.122. The summed E-state index contributed by atoms with van der Waals surface area (Å²) in [7, 11) is 1.24. The number of methoxy groups -OCH3 is 1. The molecule has 1 N–H and O–H groups in total. The van der Waals surface area contributed by atoms with E-state index in [9.17, 15) is 14.4 Å². The summed E-state index contributed by atoms with van der Waals surface area (Å²) in [5.41, 5.74) is -0.768. The van der Waals surface area contributed by atoms with Gasteiger partial charge < -0.3 is 46.0 Å². The molecular weight excluding hydrogens is 805 g/mol. The van der Waals surface area contributed by atoms with Crippen molar-refractivity contribution in [1.82, 2.24) is 40.1 Å². The standard InChI is InChI=1S/C39H44N8O12S/c1-18-26(33-44-23(15-55-33)35(49)51-11)46-34(58-18)27-19(2)57-31(45-27)24(17-60-38(6,7)8)40-28(48)20-12-52-29(41-20)21-13-53-30(42-21)22-14-54-32(43-22)25-16-56-39(9,10)47(25)36(50)59-37(3,4)5/h12-15,24-25H,16-17H2,1-11H3,(H,40,48)/t24-,25-/m1/s1. The van der Waals surface area contributed by atoms with E-state index >= 15 is 0 Å². The van der Waals surface area contributed by atoms with E-state index in [1.54, 1.807) is 60.2 Å². The molecule has 0 saturated carbocycles. The summed E-state index contributed by atoms with van der Waals surface area (Å²) in [5, 5.41) is 2.96. The van der Waals surface area contributed by atoms with E-state index in [0.717, 1.165) is 0 Å². The van der Waals surface area contributed by atoms with Crippen LogP contribution in [0.25, 0.3) is 46.3 Å². The Morgan fingerprint density at radius 2 is 1.43 bits per heavy atom. The van der Waals surface area contributed by atoms with Gasteiger partial charge >= 0.3 is 12.1 Å². The molecule has 2 amide bonds. The first-order valence-corrected chi connectivity index (χ1v) is 19.7. The molecule has 21 heteroatoms. The highest BCUT2D eigenvalue weighted by Crippen LogP contribution is 2.39. The van der Waals surface area contributed by atoms with Crippen LogP contribution in [0.1, 0.15) is 112 Å². The summed E-state index contributed by atoms with van der Waals surface area (Å²) >= 11 is 1.59. The zero-order chi connectivity index (χ0) is 43.3. The van der Waals surface area contributed by atoms with Gasteiger partial charge in [-0.15, -0.1) is 0 Å². The highest BCUT2D eigenvalue weighted by atomic mass is 32.2. The fourth-order valence-electron chi connectivity index (χ4n) is 5.95. The summed E-state index contributed by atoms with van der Waals surface area (Å²) in [5.74, 6) is 0.575. The van der Waals surface area contributed by atoms with Crippen LogP contribution in [-0.4, -0.2) is 88.3 Å². The maximum atomic E-state index is 13.7. The largest absolute Gasteiger partial charge is 0.464 e. The van der Waals surface area contributed by atoms with E-state index in [1.165, 1.54) is 37.1 Å². The number of aromatic nitrogens is 6. The first-order chi connectivity index (χ1) is 28.2. The Balaban J connectivity index is 1.07. The first-order valence-electron chi connectivity index (χ1n) is 18.7. The Bertz CT molecular complexity index is 2530. The average molecular weight is 849 g/mol. The second-order valence-electron chi connectivity index (χ2n) is 16.1. The molecule has 1 aliphatic heterocycles. The van der Waals surface area contributed by atoms with Crippen molar-refractivity contribution in [1.29, 1.82) is 0 Å². The maximum Gasteiger partial charge on any atom is 0.413 e. The van der Waals surface area contributed by atoms with Gasteiger partial charge in [0.25, 0.3) is 5.91 Å². The third-order valence-corrected chi connectivity index (χ3v) is 10.1. The highest BCUT2D eigenvalue weighted by Gasteiger charge is 2.48. The summed E-state index contributed by atoms with van der Waals surface area (Å²) in [6.07, 6.45) is 4.45. The molecule has 1 aliphatic rings. The van der Waals surface area contributed by atoms with Gasteiger partial charge in [0.2, 0.25) is 35.3 Å². The molecule has 6 aromatic rings. The topological polar surface area (TPSA) is 250 Å². The minimum absolute atomic E-state index is 0.00982. The summed E-state index contributed by atoms with van der Waals surface area (Å²) in [4.78, 5) is 66.9. The van der Waals surface area contributed by atoms with E-state index < -0.39 is 41.4 Å². The smallest absolute Gasteiger partial charge is 0.413 e. The lowest BCUT2D eigenvalue weighted by molar-refractivity contribution is -0.0634. The Kier molecular flexibility index (Phi) is 11.0. The summed E-state index contributed by atoms with van der Waals surface area (Å²) in [6, 6.07) is -1.39. The number of oxazole rings is 6. The molecular formula is C39H44N8O12S. The van der Waals surface area contributed by atoms with Gasteiger partial charge in [-0.3, -0.25) is 9.69 Å². The van der Waals surface area contributed by atoms with Crippen LogP contribution in [0.4, 0.5) is 4.79 Å². The lowest BCUT2D eigenvalue weighted by Gasteiger charge is -2.34. The molecule has 0 aromatic carbocycles. The molecule has 1 fully saturated rings. The number of nitrogens with zero attached hydrogens (tertiary/aromatic N) is 7. The number of aryl methyl sites for hydroxylation is 2. The predicted octanol–water partition coefficient (Wildman–Crippen LogP) is 7.73. The van der Waals surface area contributed by atoms with Gasteiger partial charge in [0.15, 0.2) is 34.2 Å². The molecule has 7 heterocycles. The van der Waals surface area contributed by atoms with Crippen LogP contribution < -0.4 is 5.32 Å². The molecule has 1 saturated heterocycles. The molecule has 318 valence electrons. The van der Waals surface area contributed by atoms with Crippen LogP contribution in [0.2, 0.25) is 0 Å². The lowest BCUT2D eigenvalue weighted by atomic mass is 10.2. The van der Waals surface area contributed by atoms with Crippen molar-refractivity contribution in [2.45, 2.75) is 97.4 Å². The second-order valence-corrected chi connectivity index (χ2v) is 18.0. The van der Waals surface area contributed by atoms with Gasteiger partial charge in [0.05, 0.1) is 13.7 Å². The molecule has 0 aliphatic carbocycles. The number of nitrogens with one attached hydrogen (secondary N) is 1. The Labute approximate surface area is 347 Å². The average Bonchev–Trinajstić information content (AvgIpc) is 4.01. The predicted molar refractivity (Wildman–Crippen MR) is 209 cm³/mol. The van der Waals surface area contributed by atoms with Crippen LogP contribution in [0.3, 0.4) is 0 Å². The number of esters is 1. The maximum absolute atomic E-state index is 13.7. The number of hydrogen-bond donors (Lipinski definition) is 1. The number of hydrogen-bond acceptors (Lipinski definition) is 19. The van der Waals surface area contributed by atoms with Gasteiger partial charge in [0.1, 0.15) is 60.0 Å². The van der Waals surface area contributed by atoms with Gasteiger partial charge in [0, 0.05) is 10.5 Å². The van der Waals surface area contributed by atoms with Crippen molar-refractivity contribution >= 4 is 29.7 Å². The molecule has 2 atom stereocenters. The monoisotopic (exact) mass is 848 g/mol. The normalized spacial score (nSPS) is 16.0. The molecule has 20 nitrogen and oxygen atoms in total. The van der Waals surface area contributed by atoms with Crippen molar-refractivity contribution < 1.29 is 55.1 Å². The minimum Gasteiger partial charge on any atom is -0.464 e. The zero-order valence-corrected chi connectivity index (χ0v) is 35.6. The Morgan fingerprint density at radius 1 is 0.817 bits per heavy atom. The van der Waals surface area contributed by atoms with Gasteiger partial charge in [-0.25, -0.2) is 39.5 Å². The third kappa shape index (κ3) is 8.86. The zero-order valence-electron chi connectivity index (χ0n) is 34.8. The van der Waals surface area contributed by atoms with Crippen molar-refractivity contribution in [3.63, 3.8) is 0 Å². The van der Waals surface area contributed by atoms with E-state index in [1.807, 2.05) is 20.8 Å². The Hall–Kier alpha value is -6.22. The van der Waals surface area contributed by atoms with Crippen LogP contribution in [0, 0.1) is 13.8 Å². The summed E-state index contributed by atoms with van der Waals surface area (Å²) < 4.78 is 50.6. The Morgan fingerprint density at radius 3 is 2.15 bits per heavy atom. The second kappa shape index (κ2) is 15.8. The molecule has 0 radical (unpaired) electrons. The van der Waals surface area contributed by atoms with E-state index in [4.69, 9.17) is 40.7 Å². The summed E-state index contributed by atoms with van der Waals surface area (Å²) in [6.45, 7) is 18.5. The van der Waals surface area contributed by atoms with Crippen molar-refractivity contribution in [3.8, 4) is 46.3 Å². The van der Waals surface area contributed by atoms with E-state index in [2.05, 4.69) is 35.2 Å². The number of amides is 2. The molecule has 7 rings (SSSR count). The van der Waals surface area contributed by atoms with E-state index in [0.29, 0.717) is 23.0 Å². The highest BCUT2D eigenvalue weighted by molar-refractivity contribution is 8.00. The van der Waals surface area contributed by atoms with Crippen LogP contribution in [-0.2, 0) is 14.2 Å². The molecule has 6 aromatic heterocycles. The number of ether oxygens (including phenoxy) is 3. The van der Waals surface area contributed by atoms with Gasteiger partial charge in [-0.1, -0.05) is 20.8 Å². The van der Waals surface area contributed by atoms with Crippen LogP contribution in [0.15, 0.2) is 51.6 Å². The van der Waals surface area contributed by atoms with Gasteiger partial charge in [-0.05, 0) is 48.5 Å². The van der Waals surface area contributed by atoms with Crippen molar-refractivity contribution in [3.05, 3.63) is 59.7 Å². The number of carbonyl (C=O) groups is 3. The van der Waals surface area contributed by atoms with E-state index in [-0.39, 0.29) is 75.2 Å². The number of rotatable bonds is 11. The fourth-order valence-corrected chi connectivity index (χ4v) is 6.84. The molecule has 0 bridgehead atoms. The minimum atomic E-state index is -0.976. The van der Waals surface area contributed by atoms with Gasteiger partial charge in [-0.2, -0.15) is 11.8 Å². The number of carbonyl (C=O) groups excluding carboxylic acids is 3. The third-order valence-electron chi connectivity index (χ3n) is 8.76. The number of thioether (sulfide) groups is 1. The fraction of sp³-hybridized carbons (Fsp3) is 0.462. The lowest BCUT2D eigenvalue weighted by Crippen LogP contribution is -2.47. The molecule has 0 spiro atoms.